The number of nitrogens with zero attached hydrogens (tertiary/aromatic N) is 1. The van der Waals surface area contributed by atoms with Gasteiger partial charge in [0, 0.05) is 31.1 Å². The quantitative estimate of drug-likeness (QED) is 0.738. The van der Waals surface area contributed by atoms with Crippen molar-refractivity contribution in [3.05, 3.63) is 34.2 Å². The van der Waals surface area contributed by atoms with Crippen molar-refractivity contribution < 1.29 is 8.78 Å². The van der Waals surface area contributed by atoms with Crippen LogP contribution in [0.25, 0.3) is 0 Å². The lowest BCUT2D eigenvalue weighted by atomic mass is 9.81. The summed E-state index contributed by atoms with van der Waals surface area (Å²) in [6.45, 7) is 2.14. The molecule has 2 rings (SSSR count). The summed E-state index contributed by atoms with van der Waals surface area (Å²) in [7, 11) is 0. The largest absolute Gasteiger partial charge is 0.315 e. The molecule has 0 amide bonds. The molecule has 1 saturated carbocycles. The number of halogens is 2. The molecule has 0 aliphatic heterocycles. The fourth-order valence-electron chi connectivity index (χ4n) is 1.99. The Morgan fingerprint density at radius 3 is 2.80 bits per heavy atom. The zero-order chi connectivity index (χ0) is 11.1. The summed E-state index contributed by atoms with van der Waals surface area (Å²) >= 11 is 0. The second-order valence-electron chi connectivity index (χ2n) is 4.28. The van der Waals surface area contributed by atoms with Crippen molar-refractivity contribution in [3.8, 4) is 0 Å². The summed E-state index contributed by atoms with van der Waals surface area (Å²) < 4.78 is 26.7. The standard InChI is InChI=1S/C11H13F2NO/c1-8-3-2-4-14(10(8)15)7-9-5-11(12,13)6-9/h2-4,9H,5-7H2,1H3. The fraction of sp³-hybridized carbons (Fsp3) is 0.545. The van der Waals surface area contributed by atoms with E-state index in [2.05, 4.69) is 0 Å². The summed E-state index contributed by atoms with van der Waals surface area (Å²) in [4.78, 5) is 11.6. The summed E-state index contributed by atoms with van der Waals surface area (Å²) in [5.74, 6) is -2.56. The summed E-state index contributed by atoms with van der Waals surface area (Å²) in [5.41, 5.74) is 0.580. The van der Waals surface area contributed by atoms with Gasteiger partial charge in [-0.2, -0.15) is 0 Å². The third kappa shape index (κ3) is 2.08. The molecule has 1 aromatic rings. The highest BCUT2D eigenvalue weighted by Gasteiger charge is 2.45. The van der Waals surface area contributed by atoms with Crippen LogP contribution in [-0.4, -0.2) is 10.5 Å². The van der Waals surface area contributed by atoms with E-state index in [9.17, 15) is 13.6 Å². The molecule has 1 fully saturated rings. The maximum absolute atomic E-state index is 12.6. The topological polar surface area (TPSA) is 22.0 Å². The first-order valence-electron chi connectivity index (χ1n) is 5.02. The first-order chi connectivity index (χ1) is 6.98. The van der Waals surface area contributed by atoms with Gasteiger partial charge in [0.25, 0.3) is 5.56 Å². The lowest BCUT2D eigenvalue weighted by Crippen LogP contribution is -2.39. The lowest BCUT2D eigenvalue weighted by molar-refractivity contribution is -0.114. The second kappa shape index (κ2) is 3.43. The van der Waals surface area contributed by atoms with Crippen LogP contribution in [0.15, 0.2) is 23.1 Å². The normalized spacial score (nSPS) is 19.9. The maximum atomic E-state index is 12.6. The lowest BCUT2D eigenvalue weighted by Gasteiger charge is -2.35. The molecule has 1 aromatic heterocycles. The Labute approximate surface area is 86.5 Å². The van der Waals surface area contributed by atoms with Crippen LogP contribution in [0, 0.1) is 12.8 Å². The Bertz CT molecular complexity index is 417. The molecule has 1 aliphatic rings. The van der Waals surface area contributed by atoms with Crippen LogP contribution in [0.4, 0.5) is 8.78 Å². The van der Waals surface area contributed by atoms with E-state index in [1.165, 1.54) is 4.57 Å². The third-order valence-corrected chi connectivity index (χ3v) is 2.84. The smallest absolute Gasteiger partial charge is 0.253 e. The van der Waals surface area contributed by atoms with E-state index < -0.39 is 5.92 Å². The number of aromatic nitrogens is 1. The average molecular weight is 213 g/mol. The zero-order valence-corrected chi connectivity index (χ0v) is 8.54. The van der Waals surface area contributed by atoms with E-state index >= 15 is 0 Å². The number of aryl methyl sites for hydroxylation is 1. The molecule has 0 atom stereocenters. The van der Waals surface area contributed by atoms with E-state index in [4.69, 9.17) is 0 Å². The highest BCUT2D eigenvalue weighted by atomic mass is 19.3. The van der Waals surface area contributed by atoms with E-state index in [1.54, 1.807) is 25.3 Å². The van der Waals surface area contributed by atoms with E-state index in [0.29, 0.717) is 12.1 Å². The molecule has 0 unspecified atom stereocenters. The van der Waals surface area contributed by atoms with Gasteiger partial charge in [0.15, 0.2) is 0 Å². The Morgan fingerprint density at radius 2 is 2.20 bits per heavy atom. The van der Waals surface area contributed by atoms with Crippen LogP contribution < -0.4 is 5.56 Å². The van der Waals surface area contributed by atoms with Crippen molar-refractivity contribution in [3.63, 3.8) is 0 Å². The summed E-state index contributed by atoms with van der Waals surface area (Å²) in [6.07, 6.45) is 1.48. The Morgan fingerprint density at radius 1 is 1.53 bits per heavy atom. The van der Waals surface area contributed by atoms with Crippen molar-refractivity contribution in [2.45, 2.75) is 32.2 Å². The third-order valence-electron chi connectivity index (χ3n) is 2.84. The van der Waals surface area contributed by atoms with Crippen molar-refractivity contribution in [2.24, 2.45) is 5.92 Å². The van der Waals surface area contributed by atoms with Crippen molar-refractivity contribution in [1.29, 1.82) is 0 Å². The van der Waals surface area contributed by atoms with Crippen LogP contribution in [0.3, 0.4) is 0 Å². The molecule has 0 radical (unpaired) electrons. The number of rotatable bonds is 2. The van der Waals surface area contributed by atoms with Crippen LogP contribution in [-0.2, 0) is 6.54 Å². The van der Waals surface area contributed by atoms with Gasteiger partial charge in [-0.1, -0.05) is 6.07 Å². The number of hydrogen-bond donors (Lipinski definition) is 0. The van der Waals surface area contributed by atoms with Gasteiger partial charge < -0.3 is 4.57 Å². The van der Waals surface area contributed by atoms with E-state index in [-0.39, 0.29) is 24.3 Å². The first kappa shape index (κ1) is 10.3. The highest BCUT2D eigenvalue weighted by molar-refractivity contribution is 5.07. The maximum Gasteiger partial charge on any atom is 0.253 e. The van der Waals surface area contributed by atoms with Crippen molar-refractivity contribution >= 4 is 0 Å². The average Bonchev–Trinajstić information content (AvgIpc) is 2.10. The molecule has 0 aromatic carbocycles. The molecule has 0 bridgehead atoms. The molecule has 2 nitrogen and oxygen atoms in total. The van der Waals surface area contributed by atoms with Gasteiger partial charge in [0.1, 0.15) is 0 Å². The van der Waals surface area contributed by atoms with Crippen LogP contribution in [0.5, 0.6) is 0 Å². The van der Waals surface area contributed by atoms with E-state index in [0.717, 1.165) is 0 Å². The van der Waals surface area contributed by atoms with Gasteiger partial charge in [-0.15, -0.1) is 0 Å². The van der Waals surface area contributed by atoms with Gasteiger partial charge >= 0.3 is 0 Å². The molecule has 0 saturated heterocycles. The molecule has 15 heavy (non-hydrogen) atoms. The summed E-state index contributed by atoms with van der Waals surface area (Å²) in [5, 5.41) is 0. The van der Waals surface area contributed by atoms with Crippen LogP contribution in [0.1, 0.15) is 18.4 Å². The van der Waals surface area contributed by atoms with Crippen molar-refractivity contribution in [2.75, 3.05) is 0 Å². The SMILES string of the molecule is Cc1cccn(CC2CC(F)(F)C2)c1=O. The number of pyridine rings is 1. The number of alkyl halides is 2. The van der Waals surface area contributed by atoms with Crippen LogP contribution in [0.2, 0.25) is 0 Å². The van der Waals surface area contributed by atoms with Gasteiger partial charge in [-0.05, 0) is 18.9 Å². The predicted octanol–water partition coefficient (Wildman–Crippen LogP) is 2.20. The zero-order valence-electron chi connectivity index (χ0n) is 8.54. The predicted molar refractivity (Wildman–Crippen MR) is 53.1 cm³/mol. The number of hydrogen-bond acceptors (Lipinski definition) is 1. The first-order valence-corrected chi connectivity index (χ1v) is 5.02. The molecule has 4 heteroatoms. The molecule has 1 heterocycles. The fourth-order valence-corrected chi connectivity index (χ4v) is 1.99. The highest BCUT2D eigenvalue weighted by Crippen LogP contribution is 2.42. The molecule has 0 N–H and O–H groups in total. The molecule has 82 valence electrons. The minimum atomic E-state index is -2.50. The molecular weight excluding hydrogens is 200 g/mol. The van der Waals surface area contributed by atoms with Gasteiger partial charge in [-0.25, -0.2) is 8.78 Å². The molecular formula is C11H13F2NO. The molecule has 1 aliphatic carbocycles. The Kier molecular flexibility index (Phi) is 2.37. The van der Waals surface area contributed by atoms with Gasteiger partial charge in [0.05, 0.1) is 0 Å². The van der Waals surface area contributed by atoms with Crippen LogP contribution >= 0.6 is 0 Å². The minimum Gasteiger partial charge on any atom is -0.315 e. The minimum absolute atomic E-state index is 0.0560. The monoisotopic (exact) mass is 213 g/mol. The van der Waals surface area contributed by atoms with E-state index in [1.807, 2.05) is 0 Å². The van der Waals surface area contributed by atoms with Gasteiger partial charge in [-0.3, -0.25) is 4.79 Å². The van der Waals surface area contributed by atoms with Crippen molar-refractivity contribution in [1.82, 2.24) is 4.57 Å². The Hall–Kier alpha value is -1.19. The van der Waals surface area contributed by atoms with Gasteiger partial charge in [0.2, 0.25) is 5.92 Å². The summed E-state index contributed by atoms with van der Waals surface area (Å²) in [6, 6.07) is 3.50. The second-order valence-corrected chi connectivity index (χ2v) is 4.28. The Balaban J connectivity index is 2.07. The molecule has 0 spiro atoms.